The van der Waals surface area contributed by atoms with Crippen molar-refractivity contribution < 1.29 is 4.39 Å². The molecule has 0 saturated carbocycles. The number of hydrogen-bond acceptors (Lipinski definition) is 6. The van der Waals surface area contributed by atoms with Crippen LogP contribution < -0.4 is 10.6 Å². The first-order valence-corrected chi connectivity index (χ1v) is 8.04. The summed E-state index contributed by atoms with van der Waals surface area (Å²) < 4.78 is 13.0. The Kier molecular flexibility index (Phi) is 5.04. The Morgan fingerprint density at radius 3 is 2.52 bits per heavy atom. The summed E-state index contributed by atoms with van der Waals surface area (Å²) in [6.07, 6.45) is 1.39. The summed E-state index contributed by atoms with van der Waals surface area (Å²) in [7, 11) is 0. The van der Waals surface area contributed by atoms with Gasteiger partial charge in [-0.2, -0.15) is 4.39 Å². The fraction of sp³-hybridized carbons (Fsp3) is 0.176. The zero-order valence-electron chi connectivity index (χ0n) is 13.7. The van der Waals surface area contributed by atoms with Crippen molar-refractivity contribution in [2.75, 3.05) is 10.6 Å². The normalized spacial score (nSPS) is 10.8. The molecule has 0 fully saturated rings. The number of nitrogens with one attached hydrogen (secondary N) is 2. The van der Waals surface area contributed by atoms with E-state index in [2.05, 4.69) is 30.6 Å². The van der Waals surface area contributed by atoms with Crippen LogP contribution in [-0.4, -0.2) is 26.0 Å². The minimum absolute atomic E-state index is 0.190. The molecule has 0 aliphatic carbocycles. The van der Waals surface area contributed by atoms with E-state index in [1.54, 1.807) is 30.3 Å². The van der Waals surface area contributed by atoms with Gasteiger partial charge in [0.25, 0.3) is 0 Å². The van der Waals surface area contributed by atoms with Gasteiger partial charge in [-0.15, -0.1) is 0 Å². The maximum absolute atomic E-state index is 13.0. The van der Waals surface area contributed by atoms with E-state index in [-0.39, 0.29) is 6.04 Å². The van der Waals surface area contributed by atoms with E-state index in [0.29, 0.717) is 34.0 Å². The molecule has 0 aliphatic heterocycles. The van der Waals surface area contributed by atoms with Crippen molar-refractivity contribution in [1.29, 1.82) is 0 Å². The molecule has 8 heteroatoms. The summed E-state index contributed by atoms with van der Waals surface area (Å²) in [5.41, 5.74) is 1.17. The van der Waals surface area contributed by atoms with Crippen molar-refractivity contribution in [3.05, 3.63) is 53.7 Å². The summed E-state index contributed by atoms with van der Waals surface area (Å²) in [6, 6.07) is 10.1. The van der Waals surface area contributed by atoms with Crippen molar-refractivity contribution in [3.8, 4) is 11.5 Å². The topological polar surface area (TPSA) is 75.6 Å². The fourth-order valence-corrected chi connectivity index (χ4v) is 2.29. The van der Waals surface area contributed by atoms with Crippen LogP contribution >= 0.6 is 11.6 Å². The van der Waals surface area contributed by atoms with Gasteiger partial charge in [0.15, 0.2) is 5.82 Å². The molecular weight excluding hydrogens is 343 g/mol. The first-order valence-electron chi connectivity index (χ1n) is 7.67. The lowest BCUT2D eigenvalue weighted by Gasteiger charge is -2.13. The van der Waals surface area contributed by atoms with Gasteiger partial charge in [-0.05, 0) is 38.1 Å². The van der Waals surface area contributed by atoms with Gasteiger partial charge in [-0.1, -0.05) is 17.7 Å². The molecule has 0 bridgehead atoms. The van der Waals surface area contributed by atoms with Crippen LogP contribution in [0.3, 0.4) is 0 Å². The highest BCUT2D eigenvalue weighted by atomic mass is 35.5. The molecule has 6 nitrogen and oxygen atoms in total. The van der Waals surface area contributed by atoms with Gasteiger partial charge in [-0.25, -0.2) is 19.9 Å². The van der Waals surface area contributed by atoms with Crippen molar-refractivity contribution in [2.24, 2.45) is 0 Å². The average Bonchev–Trinajstić information content (AvgIpc) is 2.56. The van der Waals surface area contributed by atoms with E-state index in [4.69, 9.17) is 11.6 Å². The molecule has 0 atom stereocenters. The van der Waals surface area contributed by atoms with Gasteiger partial charge in [0.05, 0.1) is 11.9 Å². The lowest BCUT2D eigenvalue weighted by Crippen LogP contribution is -2.12. The number of pyridine rings is 2. The van der Waals surface area contributed by atoms with Crippen LogP contribution in [0.1, 0.15) is 13.8 Å². The van der Waals surface area contributed by atoms with Crippen LogP contribution in [0.4, 0.5) is 21.7 Å². The third-order valence-corrected chi connectivity index (χ3v) is 3.32. The van der Waals surface area contributed by atoms with Crippen molar-refractivity contribution in [3.63, 3.8) is 0 Å². The van der Waals surface area contributed by atoms with Gasteiger partial charge in [0.2, 0.25) is 5.95 Å². The molecule has 0 unspecified atom stereocenters. The molecule has 3 heterocycles. The standard InChI is InChI=1S/C17H16ClFN6/c1-10(2)21-15-8-16(22-11-6-7-14(19)20-9-11)25-17(24-15)12-4-3-5-13(18)23-12/h3-10H,1-2H3,(H2,21,22,24,25). The molecular formula is C17H16ClFN6. The smallest absolute Gasteiger partial charge is 0.212 e. The van der Waals surface area contributed by atoms with Crippen LogP contribution in [-0.2, 0) is 0 Å². The van der Waals surface area contributed by atoms with Gasteiger partial charge in [0, 0.05) is 12.1 Å². The Labute approximate surface area is 149 Å². The molecule has 3 aromatic rings. The summed E-state index contributed by atoms with van der Waals surface area (Å²) >= 11 is 5.96. The lowest BCUT2D eigenvalue weighted by atomic mass is 10.3. The third-order valence-electron chi connectivity index (χ3n) is 3.11. The predicted molar refractivity (Wildman–Crippen MR) is 96.5 cm³/mol. The molecule has 0 aromatic carbocycles. The Morgan fingerprint density at radius 2 is 1.84 bits per heavy atom. The Hall–Kier alpha value is -2.80. The predicted octanol–water partition coefficient (Wildman–Crippen LogP) is 4.29. The number of nitrogens with zero attached hydrogens (tertiary/aromatic N) is 4. The molecule has 3 aromatic heterocycles. The minimum atomic E-state index is -0.542. The number of halogens is 2. The fourth-order valence-electron chi connectivity index (χ4n) is 2.13. The minimum Gasteiger partial charge on any atom is -0.368 e. The molecule has 0 aliphatic rings. The second-order valence-corrected chi connectivity index (χ2v) is 5.99. The van der Waals surface area contributed by atoms with E-state index in [1.165, 1.54) is 12.3 Å². The summed E-state index contributed by atoms with van der Waals surface area (Å²) in [5.74, 6) is 1.05. The van der Waals surface area contributed by atoms with E-state index in [9.17, 15) is 4.39 Å². The zero-order valence-corrected chi connectivity index (χ0v) is 14.4. The summed E-state index contributed by atoms with van der Waals surface area (Å²) in [4.78, 5) is 16.8. The maximum atomic E-state index is 13.0. The van der Waals surface area contributed by atoms with E-state index in [1.807, 2.05) is 13.8 Å². The van der Waals surface area contributed by atoms with E-state index >= 15 is 0 Å². The number of aromatic nitrogens is 4. The van der Waals surface area contributed by atoms with Crippen LogP contribution in [0.2, 0.25) is 5.15 Å². The number of rotatable bonds is 5. The molecule has 128 valence electrons. The quantitative estimate of drug-likeness (QED) is 0.663. The highest BCUT2D eigenvalue weighted by Crippen LogP contribution is 2.22. The van der Waals surface area contributed by atoms with Gasteiger partial charge < -0.3 is 10.6 Å². The van der Waals surface area contributed by atoms with Crippen LogP contribution in [0, 0.1) is 5.95 Å². The first kappa shape index (κ1) is 17.0. The first-order chi connectivity index (χ1) is 12.0. The van der Waals surface area contributed by atoms with Crippen molar-refractivity contribution in [2.45, 2.75) is 19.9 Å². The van der Waals surface area contributed by atoms with Gasteiger partial charge >= 0.3 is 0 Å². The summed E-state index contributed by atoms with van der Waals surface area (Å²) in [6.45, 7) is 4.02. The maximum Gasteiger partial charge on any atom is 0.212 e. The highest BCUT2D eigenvalue weighted by molar-refractivity contribution is 6.29. The Bertz CT molecular complexity index is 869. The van der Waals surface area contributed by atoms with E-state index in [0.717, 1.165) is 0 Å². The number of anilines is 3. The van der Waals surface area contributed by atoms with Crippen molar-refractivity contribution in [1.82, 2.24) is 19.9 Å². The second kappa shape index (κ2) is 7.40. The third kappa shape index (κ3) is 4.60. The molecule has 0 radical (unpaired) electrons. The molecule has 0 saturated heterocycles. The molecule has 25 heavy (non-hydrogen) atoms. The van der Waals surface area contributed by atoms with Gasteiger partial charge in [-0.3, -0.25) is 0 Å². The SMILES string of the molecule is CC(C)Nc1cc(Nc2ccc(F)nc2)nc(-c2cccc(Cl)n2)n1. The second-order valence-electron chi connectivity index (χ2n) is 5.60. The van der Waals surface area contributed by atoms with Crippen molar-refractivity contribution >= 4 is 28.9 Å². The molecule has 0 amide bonds. The largest absolute Gasteiger partial charge is 0.368 e. The molecule has 0 spiro atoms. The Balaban J connectivity index is 1.98. The van der Waals surface area contributed by atoms with E-state index < -0.39 is 5.95 Å². The average molecular weight is 359 g/mol. The van der Waals surface area contributed by atoms with Crippen LogP contribution in [0.25, 0.3) is 11.5 Å². The Morgan fingerprint density at radius 1 is 1.04 bits per heavy atom. The number of hydrogen-bond donors (Lipinski definition) is 2. The van der Waals surface area contributed by atoms with Crippen LogP contribution in [0.15, 0.2) is 42.6 Å². The molecule has 2 N–H and O–H groups in total. The van der Waals surface area contributed by atoms with Gasteiger partial charge in [0.1, 0.15) is 22.5 Å². The van der Waals surface area contributed by atoms with Crippen LogP contribution in [0.5, 0.6) is 0 Å². The molecule has 3 rings (SSSR count). The monoisotopic (exact) mass is 358 g/mol. The highest BCUT2D eigenvalue weighted by Gasteiger charge is 2.10. The zero-order chi connectivity index (χ0) is 17.8. The summed E-state index contributed by atoms with van der Waals surface area (Å²) in [5, 5.41) is 6.69. The lowest BCUT2D eigenvalue weighted by molar-refractivity contribution is 0.584.